The lowest BCUT2D eigenvalue weighted by Gasteiger charge is -2.12. The lowest BCUT2D eigenvalue weighted by molar-refractivity contribution is -0.384. The first kappa shape index (κ1) is 19.4. The predicted octanol–water partition coefficient (Wildman–Crippen LogP) is 2.76. The van der Waals surface area contributed by atoms with Gasteiger partial charge >= 0.3 is 0 Å². The summed E-state index contributed by atoms with van der Waals surface area (Å²) in [7, 11) is -4.02. The summed E-state index contributed by atoms with van der Waals surface area (Å²) in [4.78, 5) is 22.3. The molecule has 9 heteroatoms. The molecule has 0 unspecified atom stereocenters. The van der Waals surface area contributed by atoms with Crippen LogP contribution in [0.1, 0.15) is 28.4 Å². The Morgan fingerprint density at radius 3 is 2.38 bits per heavy atom. The van der Waals surface area contributed by atoms with E-state index in [1.807, 2.05) is 0 Å². The number of nitro benzene ring substituents is 1. The van der Waals surface area contributed by atoms with Crippen molar-refractivity contribution in [2.75, 3.05) is 11.3 Å². The second-order valence-electron chi connectivity index (χ2n) is 5.70. The minimum absolute atomic E-state index is 0.102. The number of hydrogen-bond donors (Lipinski definition) is 2. The summed E-state index contributed by atoms with van der Waals surface area (Å²) in [5.41, 5.74) is 1.32. The maximum Gasteiger partial charge on any atom is 0.271 e. The van der Waals surface area contributed by atoms with Crippen molar-refractivity contribution in [1.82, 2.24) is 5.32 Å². The Balaban J connectivity index is 2.43. The van der Waals surface area contributed by atoms with Gasteiger partial charge in [0, 0.05) is 24.2 Å². The number of rotatable bonds is 6. The predicted molar refractivity (Wildman–Crippen MR) is 97.8 cm³/mol. The Morgan fingerprint density at radius 1 is 1.12 bits per heavy atom. The van der Waals surface area contributed by atoms with Crippen LogP contribution in [-0.4, -0.2) is 25.8 Å². The summed E-state index contributed by atoms with van der Waals surface area (Å²) in [6.07, 6.45) is 0. The number of benzene rings is 2. The molecule has 0 spiro atoms. The van der Waals surface area contributed by atoms with Gasteiger partial charge in [-0.1, -0.05) is 12.1 Å². The average Bonchev–Trinajstić information content (AvgIpc) is 2.56. The number of aryl methyl sites for hydroxylation is 2. The molecule has 2 aromatic rings. The molecule has 0 aliphatic heterocycles. The molecule has 8 nitrogen and oxygen atoms in total. The molecule has 0 fully saturated rings. The molecule has 0 saturated carbocycles. The Hall–Kier alpha value is -2.94. The quantitative estimate of drug-likeness (QED) is 0.593. The highest BCUT2D eigenvalue weighted by molar-refractivity contribution is 7.92. The Bertz CT molecular complexity index is 970. The van der Waals surface area contributed by atoms with Crippen LogP contribution >= 0.6 is 0 Å². The van der Waals surface area contributed by atoms with Crippen LogP contribution < -0.4 is 10.0 Å². The molecule has 26 heavy (non-hydrogen) atoms. The third-order valence-corrected chi connectivity index (χ3v) is 5.14. The van der Waals surface area contributed by atoms with E-state index in [1.54, 1.807) is 26.8 Å². The van der Waals surface area contributed by atoms with E-state index in [0.29, 0.717) is 17.7 Å². The second kappa shape index (κ2) is 7.52. The fourth-order valence-electron chi connectivity index (χ4n) is 2.31. The van der Waals surface area contributed by atoms with Gasteiger partial charge in [0.05, 0.1) is 15.5 Å². The van der Waals surface area contributed by atoms with Crippen molar-refractivity contribution in [2.45, 2.75) is 25.7 Å². The molecule has 0 aliphatic rings. The van der Waals surface area contributed by atoms with Gasteiger partial charge in [-0.15, -0.1) is 0 Å². The molecule has 0 aliphatic carbocycles. The topological polar surface area (TPSA) is 118 Å². The molecule has 0 heterocycles. The average molecular weight is 377 g/mol. The number of hydrogen-bond acceptors (Lipinski definition) is 5. The van der Waals surface area contributed by atoms with Gasteiger partial charge in [-0.25, -0.2) is 8.42 Å². The summed E-state index contributed by atoms with van der Waals surface area (Å²) in [5.74, 6) is -0.367. The number of sulfonamides is 1. The Labute approximate surface area is 151 Å². The lowest BCUT2D eigenvalue weighted by Crippen LogP contribution is -2.24. The van der Waals surface area contributed by atoms with E-state index >= 15 is 0 Å². The van der Waals surface area contributed by atoms with Crippen molar-refractivity contribution in [1.29, 1.82) is 0 Å². The molecule has 0 saturated heterocycles. The molecule has 2 aromatic carbocycles. The summed E-state index contributed by atoms with van der Waals surface area (Å²) < 4.78 is 27.7. The molecule has 1 amide bonds. The van der Waals surface area contributed by atoms with Crippen molar-refractivity contribution >= 4 is 27.3 Å². The number of carbonyl (C=O) groups excluding carboxylic acids is 1. The van der Waals surface area contributed by atoms with E-state index in [9.17, 15) is 23.3 Å². The first-order valence-corrected chi connectivity index (χ1v) is 9.30. The van der Waals surface area contributed by atoms with Crippen LogP contribution in [0.25, 0.3) is 0 Å². The van der Waals surface area contributed by atoms with Crippen LogP contribution in [0.15, 0.2) is 41.3 Å². The fraction of sp³-hybridized carbons (Fsp3) is 0.235. The number of nitrogens with zero attached hydrogens (tertiary/aromatic N) is 1. The largest absolute Gasteiger partial charge is 0.352 e. The summed E-state index contributed by atoms with van der Waals surface area (Å²) in [6.45, 7) is 5.52. The van der Waals surface area contributed by atoms with Crippen LogP contribution in [0.5, 0.6) is 0 Å². The van der Waals surface area contributed by atoms with Gasteiger partial charge in [-0.2, -0.15) is 0 Å². The number of nitrogens with one attached hydrogen (secondary N) is 2. The maximum absolute atomic E-state index is 12.7. The highest BCUT2D eigenvalue weighted by Gasteiger charge is 2.20. The summed E-state index contributed by atoms with van der Waals surface area (Å²) >= 11 is 0. The van der Waals surface area contributed by atoms with Gasteiger partial charge < -0.3 is 5.32 Å². The molecule has 2 N–H and O–H groups in total. The van der Waals surface area contributed by atoms with Crippen LogP contribution in [0.2, 0.25) is 0 Å². The van der Waals surface area contributed by atoms with Crippen molar-refractivity contribution in [2.24, 2.45) is 0 Å². The summed E-state index contributed by atoms with van der Waals surface area (Å²) in [5, 5.41) is 13.5. The van der Waals surface area contributed by atoms with Crippen molar-refractivity contribution < 1.29 is 18.1 Å². The number of amides is 1. The molecule has 0 aromatic heterocycles. The molecular formula is C17H19N3O5S. The molecule has 0 bridgehead atoms. The number of anilines is 1. The first-order chi connectivity index (χ1) is 12.2. The number of carbonyl (C=O) groups is 1. The summed E-state index contributed by atoms with van der Waals surface area (Å²) in [6, 6.07) is 8.13. The number of non-ortho nitro benzene ring substituents is 1. The van der Waals surface area contributed by atoms with Crippen LogP contribution in [-0.2, 0) is 10.0 Å². The molecular weight excluding hydrogens is 358 g/mol. The third-order valence-electron chi connectivity index (χ3n) is 3.78. The van der Waals surface area contributed by atoms with E-state index in [2.05, 4.69) is 10.0 Å². The van der Waals surface area contributed by atoms with Crippen molar-refractivity contribution in [3.8, 4) is 0 Å². The zero-order valence-electron chi connectivity index (χ0n) is 14.6. The van der Waals surface area contributed by atoms with Gasteiger partial charge in [0.1, 0.15) is 0 Å². The first-order valence-electron chi connectivity index (χ1n) is 7.82. The molecule has 138 valence electrons. The van der Waals surface area contributed by atoms with Crippen LogP contribution in [0, 0.1) is 24.0 Å². The molecule has 2 rings (SSSR count). The standard InChI is InChI=1S/C17H19N3O5S/c1-4-18-17(21)15-10-14(8-6-11(15)2)26(24,25)19-16-9-13(20(22)23)7-5-12(16)3/h5-10,19H,4H2,1-3H3,(H,18,21). The third kappa shape index (κ3) is 4.17. The van der Waals surface area contributed by atoms with Gasteiger partial charge in [-0.3, -0.25) is 19.6 Å². The maximum atomic E-state index is 12.7. The monoisotopic (exact) mass is 377 g/mol. The second-order valence-corrected chi connectivity index (χ2v) is 7.38. The van der Waals surface area contributed by atoms with Gasteiger partial charge in [0.2, 0.25) is 0 Å². The van der Waals surface area contributed by atoms with Crippen molar-refractivity contribution in [3.05, 3.63) is 63.2 Å². The van der Waals surface area contributed by atoms with Gasteiger partial charge in [0.15, 0.2) is 0 Å². The molecule has 0 atom stereocenters. The minimum atomic E-state index is -4.02. The van der Waals surface area contributed by atoms with Crippen LogP contribution in [0.3, 0.4) is 0 Å². The number of nitro groups is 1. The Kier molecular flexibility index (Phi) is 5.61. The highest BCUT2D eigenvalue weighted by atomic mass is 32.2. The van der Waals surface area contributed by atoms with Crippen LogP contribution in [0.4, 0.5) is 11.4 Å². The highest BCUT2D eigenvalue weighted by Crippen LogP contribution is 2.25. The normalized spacial score (nSPS) is 11.0. The van der Waals surface area contributed by atoms with E-state index in [1.165, 1.54) is 24.3 Å². The van der Waals surface area contributed by atoms with E-state index in [4.69, 9.17) is 0 Å². The van der Waals surface area contributed by atoms with Crippen molar-refractivity contribution in [3.63, 3.8) is 0 Å². The lowest BCUT2D eigenvalue weighted by atomic mass is 10.1. The van der Waals surface area contributed by atoms with E-state index in [0.717, 1.165) is 6.07 Å². The fourth-order valence-corrected chi connectivity index (χ4v) is 3.45. The Morgan fingerprint density at radius 2 is 1.77 bits per heavy atom. The molecule has 0 radical (unpaired) electrons. The van der Waals surface area contributed by atoms with E-state index in [-0.39, 0.29) is 27.7 Å². The van der Waals surface area contributed by atoms with E-state index < -0.39 is 14.9 Å². The minimum Gasteiger partial charge on any atom is -0.352 e. The van der Waals surface area contributed by atoms with Gasteiger partial charge in [0.25, 0.3) is 21.6 Å². The SMILES string of the molecule is CCNC(=O)c1cc(S(=O)(=O)Nc2cc([N+](=O)[O-])ccc2C)ccc1C. The van der Waals surface area contributed by atoms with Gasteiger partial charge in [-0.05, 0) is 44.0 Å². The smallest absolute Gasteiger partial charge is 0.271 e. The zero-order valence-corrected chi connectivity index (χ0v) is 15.4. The zero-order chi connectivity index (χ0) is 19.5.